The van der Waals surface area contributed by atoms with Gasteiger partial charge in [0.15, 0.2) is 0 Å². The fourth-order valence-corrected chi connectivity index (χ4v) is 7.45. The molecule has 0 aromatic carbocycles. The maximum absolute atomic E-state index is 4.59. The molecule has 0 N–H and O–H groups in total. The van der Waals surface area contributed by atoms with Crippen molar-refractivity contribution >= 4 is 34.0 Å². The summed E-state index contributed by atoms with van der Waals surface area (Å²) in [5.41, 5.74) is 0. The van der Waals surface area contributed by atoms with Gasteiger partial charge in [-0.3, -0.25) is 34.0 Å². The molecular weight excluding hydrogens is 691 g/mol. The van der Waals surface area contributed by atoms with Gasteiger partial charge in [-0.05, 0) is 0 Å². The van der Waals surface area contributed by atoms with Gasteiger partial charge in [0.1, 0.15) is 0 Å². The van der Waals surface area contributed by atoms with Crippen LogP contribution in [0.5, 0.6) is 0 Å². The molecule has 3 fully saturated rings. The first-order chi connectivity index (χ1) is 17.6. The minimum absolute atomic E-state index is 0. The number of piperidine rings is 3. The second kappa shape index (κ2) is 16.7. The molecule has 1 radical (unpaired) electrons. The Kier molecular flexibility index (Phi) is 14.0. The second-order valence-electron chi connectivity index (χ2n) is 9.85. The molecule has 3 aromatic rings. The number of hydrogen-bond donors (Lipinski definition) is 0. The number of hydrogen-bond acceptors (Lipinski definition) is 3. The van der Waals surface area contributed by atoms with Crippen LogP contribution in [0.2, 0.25) is 0 Å². The van der Waals surface area contributed by atoms with Crippen molar-refractivity contribution in [2.24, 2.45) is 0 Å². The summed E-state index contributed by atoms with van der Waals surface area (Å²) in [5.74, 6) is 0. The van der Waals surface area contributed by atoms with Gasteiger partial charge >= 0.3 is 0 Å². The molecule has 6 rings (SSSR count). The number of aryl methyl sites for hydroxylation is 3. The summed E-state index contributed by atoms with van der Waals surface area (Å²) in [7, 11) is 0. The van der Waals surface area contributed by atoms with Crippen LogP contribution < -0.4 is 0 Å². The Hall–Kier alpha value is -0.371. The van der Waals surface area contributed by atoms with Crippen molar-refractivity contribution in [2.75, 3.05) is 19.6 Å². The molecule has 37 heavy (non-hydrogen) atoms. The fourth-order valence-electron chi connectivity index (χ4n) is 4.71. The zero-order valence-corrected chi connectivity index (χ0v) is 27.2. The number of thiophene rings is 3. The van der Waals surface area contributed by atoms with Crippen LogP contribution in [0.4, 0.5) is 0 Å². The van der Waals surface area contributed by atoms with Crippen LogP contribution in [0, 0.1) is 39.0 Å². The largest absolute Gasteiger partial charge is 0.656 e. The summed E-state index contributed by atoms with van der Waals surface area (Å²) in [5, 5.41) is 13.8. The third kappa shape index (κ3) is 10.3. The zero-order valence-electron chi connectivity index (χ0n) is 22.3. The van der Waals surface area contributed by atoms with E-state index < -0.39 is 0 Å². The van der Waals surface area contributed by atoms with E-state index in [-0.39, 0.29) is 20.1 Å². The van der Waals surface area contributed by atoms with E-state index in [4.69, 9.17) is 0 Å². The van der Waals surface area contributed by atoms with Crippen LogP contribution in [-0.2, 0) is 20.1 Å². The normalized spacial score (nSPS) is 23.6. The molecular formula is C30H39IrN3S3-6. The van der Waals surface area contributed by atoms with E-state index >= 15 is 0 Å². The predicted molar refractivity (Wildman–Crippen MR) is 158 cm³/mol. The maximum Gasteiger partial charge on any atom is 0 e. The van der Waals surface area contributed by atoms with Crippen molar-refractivity contribution in [1.29, 1.82) is 0 Å². The summed E-state index contributed by atoms with van der Waals surface area (Å²) in [6.45, 7) is 9.55. The van der Waals surface area contributed by atoms with Crippen molar-refractivity contribution in [3.63, 3.8) is 0 Å². The van der Waals surface area contributed by atoms with Gasteiger partial charge < -0.3 is 16.0 Å². The van der Waals surface area contributed by atoms with Gasteiger partial charge in [0.2, 0.25) is 0 Å². The molecule has 3 saturated heterocycles. The molecule has 0 saturated carbocycles. The molecule has 0 amide bonds. The van der Waals surface area contributed by atoms with E-state index in [1.54, 1.807) is 0 Å². The average molecular weight is 730 g/mol. The SMILES string of the molecule is Cc1c[c-]c(C2CCCC[N-]2)s1.Cc1c[c-]c(C2CCCC[N-]2)s1.Cc1c[c-]c(C2CCCC[N-]2)s1.[Ir]. The molecule has 3 aromatic heterocycles. The molecule has 7 heteroatoms. The van der Waals surface area contributed by atoms with E-state index in [0.717, 1.165) is 19.6 Å². The van der Waals surface area contributed by atoms with Crippen LogP contribution in [0.1, 0.15) is 105 Å². The van der Waals surface area contributed by atoms with Gasteiger partial charge in [0.25, 0.3) is 0 Å². The Balaban J connectivity index is 0.000000152. The summed E-state index contributed by atoms with van der Waals surface area (Å²) < 4.78 is 0. The molecule has 6 heterocycles. The summed E-state index contributed by atoms with van der Waals surface area (Å²) in [6, 6.07) is 17.5. The van der Waals surface area contributed by atoms with Crippen molar-refractivity contribution < 1.29 is 20.1 Å². The third-order valence-corrected chi connectivity index (χ3v) is 9.83. The third-order valence-electron chi connectivity index (χ3n) is 6.68. The Morgan fingerprint density at radius 2 is 0.838 bits per heavy atom. The van der Waals surface area contributed by atoms with E-state index in [2.05, 4.69) is 73.1 Å². The quantitative estimate of drug-likeness (QED) is 0.241. The first-order valence-corrected chi connectivity index (χ1v) is 16.0. The Morgan fingerprint density at radius 3 is 1.03 bits per heavy atom. The summed E-state index contributed by atoms with van der Waals surface area (Å²) in [4.78, 5) is 8.08. The average Bonchev–Trinajstić information content (AvgIpc) is 3.68. The van der Waals surface area contributed by atoms with Crippen LogP contribution in [0.15, 0.2) is 18.2 Å². The van der Waals surface area contributed by atoms with Gasteiger partial charge in [-0.2, -0.15) is 0 Å². The smallest absolute Gasteiger partial charge is 0 e. The fraction of sp³-hybridized carbons (Fsp3) is 0.600. The van der Waals surface area contributed by atoms with Crippen LogP contribution in [-0.4, -0.2) is 19.6 Å². The molecule has 3 aliphatic rings. The molecule has 0 aliphatic carbocycles. The van der Waals surface area contributed by atoms with Gasteiger partial charge in [-0.15, -0.1) is 67.0 Å². The van der Waals surface area contributed by atoms with E-state index in [1.807, 2.05) is 34.0 Å². The van der Waals surface area contributed by atoms with Gasteiger partial charge in [-0.25, -0.2) is 36.4 Å². The summed E-state index contributed by atoms with van der Waals surface area (Å²) in [6.07, 6.45) is 11.5. The molecule has 207 valence electrons. The Morgan fingerprint density at radius 1 is 0.541 bits per heavy atom. The standard InChI is InChI=1S/3C10H13NS.Ir/c3*1-8-5-6-10(12-8)9-4-2-3-7-11-9;/h3*5,9H,2-4,7H2,1H3;/q3*-2;. The van der Waals surface area contributed by atoms with Gasteiger partial charge in [0, 0.05) is 20.1 Å². The van der Waals surface area contributed by atoms with Gasteiger partial charge in [-0.1, -0.05) is 78.6 Å². The van der Waals surface area contributed by atoms with Crippen LogP contribution in [0.3, 0.4) is 0 Å². The molecule has 0 bridgehead atoms. The van der Waals surface area contributed by atoms with Crippen molar-refractivity contribution in [2.45, 2.75) is 96.7 Å². The predicted octanol–water partition coefficient (Wildman–Crippen LogP) is 10.4. The first kappa shape index (κ1) is 31.2. The zero-order chi connectivity index (χ0) is 25.2. The Bertz CT molecular complexity index is 880. The van der Waals surface area contributed by atoms with Crippen molar-refractivity contribution in [3.8, 4) is 0 Å². The summed E-state index contributed by atoms with van der Waals surface area (Å²) >= 11 is 5.53. The van der Waals surface area contributed by atoms with Crippen molar-refractivity contribution in [1.82, 2.24) is 0 Å². The van der Waals surface area contributed by atoms with E-state index in [9.17, 15) is 0 Å². The topological polar surface area (TPSA) is 42.3 Å². The number of nitrogens with zero attached hydrogens (tertiary/aromatic N) is 3. The first-order valence-electron chi connectivity index (χ1n) is 13.5. The number of rotatable bonds is 3. The minimum atomic E-state index is 0. The molecule has 3 unspecified atom stereocenters. The molecule has 0 spiro atoms. The van der Waals surface area contributed by atoms with Crippen molar-refractivity contribution in [3.05, 3.63) is 81.6 Å². The molecule has 3 atom stereocenters. The molecule has 3 aliphatic heterocycles. The van der Waals surface area contributed by atoms with Gasteiger partial charge in [0.05, 0.1) is 0 Å². The monoisotopic (exact) mass is 730 g/mol. The molecule has 3 nitrogen and oxygen atoms in total. The van der Waals surface area contributed by atoms with Crippen LogP contribution in [0.25, 0.3) is 16.0 Å². The van der Waals surface area contributed by atoms with E-state index in [1.165, 1.54) is 87.1 Å². The minimum Gasteiger partial charge on any atom is -0.656 e. The second-order valence-corrected chi connectivity index (χ2v) is 13.7. The Labute approximate surface area is 250 Å². The van der Waals surface area contributed by atoms with Crippen LogP contribution >= 0.6 is 34.0 Å². The van der Waals surface area contributed by atoms with E-state index in [0.29, 0.717) is 18.1 Å². The maximum atomic E-state index is 4.59.